The SMILES string of the molecule is CCCCCCCCCCCCCCCCSCCOS(=O)(=O)CCC. The highest BCUT2D eigenvalue weighted by atomic mass is 32.2. The topological polar surface area (TPSA) is 43.4 Å². The van der Waals surface area contributed by atoms with Crippen LogP contribution in [0.4, 0.5) is 0 Å². The number of rotatable bonds is 21. The zero-order chi connectivity index (χ0) is 19.3. The minimum absolute atomic E-state index is 0.136. The molecule has 0 unspecified atom stereocenters. The smallest absolute Gasteiger partial charge is 0.267 e. The summed E-state index contributed by atoms with van der Waals surface area (Å²) in [6, 6.07) is 0. The highest BCUT2D eigenvalue weighted by Crippen LogP contribution is 2.14. The van der Waals surface area contributed by atoms with Crippen LogP contribution in [0.1, 0.15) is 110 Å². The first kappa shape index (κ1) is 26.3. The molecule has 0 rings (SSSR count). The molecular formula is C21H44O3S2. The third-order valence-electron chi connectivity index (χ3n) is 4.59. The molecule has 0 atom stereocenters. The molecule has 0 saturated heterocycles. The van der Waals surface area contributed by atoms with Gasteiger partial charge in [0.05, 0.1) is 12.4 Å². The second-order valence-corrected chi connectivity index (χ2v) is 10.3. The molecule has 0 N–H and O–H groups in total. The quantitative estimate of drug-likeness (QED) is 0.152. The van der Waals surface area contributed by atoms with Crippen molar-refractivity contribution in [2.45, 2.75) is 110 Å². The van der Waals surface area contributed by atoms with E-state index in [0.717, 1.165) is 11.5 Å². The normalized spacial score (nSPS) is 11.9. The molecule has 0 aliphatic carbocycles. The van der Waals surface area contributed by atoms with Crippen LogP contribution in [0.5, 0.6) is 0 Å². The fourth-order valence-electron chi connectivity index (χ4n) is 3.03. The average Bonchev–Trinajstić information content (AvgIpc) is 2.60. The van der Waals surface area contributed by atoms with Gasteiger partial charge in [0.2, 0.25) is 0 Å². The maximum absolute atomic E-state index is 11.4. The molecule has 3 nitrogen and oxygen atoms in total. The monoisotopic (exact) mass is 408 g/mol. The number of unbranched alkanes of at least 4 members (excludes halogenated alkanes) is 13. The van der Waals surface area contributed by atoms with Gasteiger partial charge < -0.3 is 0 Å². The molecule has 158 valence electrons. The van der Waals surface area contributed by atoms with E-state index in [1.54, 1.807) is 11.8 Å². The minimum atomic E-state index is -3.27. The van der Waals surface area contributed by atoms with Crippen LogP contribution in [-0.4, -0.2) is 32.3 Å². The van der Waals surface area contributed by atoms with Crippen molar-refractivity contribution in [2.24, 2.45) is 0 Å². The maximum Gasteiger partial charge on any atom is 0.267 e. The molecule has 0 aliphatic rings. The van der Waals surface area contributed by atoms with Gasteiger partial charge >= 0.3 is 0 Å². The van der Waals surface area contributed by atoms with Crippen molar-refractivity contribution >= 4 is 21.9 Å². The van der Waals surface area contributed by atoms with E-state index in [1.165, 1.54) is 89.9 Å². The molecule has 0 bridgehead atoms. The van der Waals surface area contributed by atoms with Crippen molar-refractivity contribution in [3.05, 3.63) is 0 Å². The molecule has 0 radical (unpaired) electrons. The second-order valence-electron chi connectivity index (χ2n) is 7.29. The number of hydrogen-bond donors (Lipinski definition) is 0. The lowest BCUT2D eigenvalue weighted by atomic mass is 10.0. The van der Waals surface area contributed by atoms with Crippen LogP contribution >= 0.6 is 11.8 Å². The van der Waals surface area contributed by atoms with E-state index in [1.807, 2.05) is 6.92 Å². The van der Waals surface area contributed by atoms with Crippen LogP contribution in [0.25, 0.3) is 0 Å². The maximum atomic E-state index is 11.4. The Balaban J connectivity index is 3.11. The molecule has 0 fully saturated rings. The molecule has 0 heterocycles. The third kappa shape index (κ3) is 20.6. The molecule has 0 amide bonds. The summed E-state index contributed by atoms with van der Waals surface area (Å²) in [5.74, 6) is 2.03. The second kappa shape index (κ2) is 20.0. The van der Waals surface area contributed by atoms with Gasteiger partial charge in [-0.2, -0.15) is 20.2 Å². The van der Waals surface area contributed by atoms with Crippen molar-refractivity contribution in [1.29, 1.82) is 0 Å². The Bertz CT molecular complexity index is 369. The molecule has 0 aromatic carbocycles. The summed E-state index contributed by atoms with van der Waals surface area (Å²) in [6.07, 6.45) is 20.0. The van der Waals surface area contributed by atoms with Gasteiger partial charge in [0.25, 0.3) is 10.1 Å². The molecule has 0 aliphatic heterocycles. The summed E-state index contributed by atoms with van der Waals surface area (Å²) >= 11 is 1.81. The van der Waals surface area contributed by atoms with E-state index in [9.17, 15) is 8.42 Å². The number of thioether (sulfide) groups is 1. The Morgan fingerprint density at radius 1 is 0.615 bits per heavy atom. The zero-order valence-electron chi connectivity index (χ0n) is 17.5. The first-order valence-corrected chi connectivity index (χ1v) is 13.8. The Kier molecular flexibility index (Phi) is 20.2. The van der Waals surface area contributed by atoms with E-state index in [4.69, 9.17) is 4.18 Å². The van der Waals surface area contributed by atoms with E-state index >= 15 is 0 Å². The van der Waals surface area contributed by atoms with Crippen molar-refractivity contribution in [1.82, 2.24) is 0 Å². The Hall–Kier alpha value is 0.260. The van der Waals surface area contributed by atoms with Crippen LogP contribution in [0.2, 0.25) is 0 Å². The van der Waals surface area contributed by atoms with Crippen molar-refractivity contribution < 1.29 is 12.6 Å². The molecule has 0 saturated carbocycles. The molecule has 0 aromatic rings. The average molecular weight is 409 g/mol. The van der Waals surface area contributed by atoms with Gasteiger partial charge in [0.1, 0.15) is 0 Å². The first-order chi connectivity index (χ1) is 12.6. The summed E-state index contributed by atoms with van der Waals surface area (Å²) in [7, 11) is -3.27. The van der Waals surface area contributed by atoms with E-state index in [2.05, 4.69) is 6.92 Å². The van der Waals surface area contributed by atoms with Gasteiger partial charge in [-0.05, 0) is 18.6 Å². The van der Waals surface area contributed by atoms with Gasteiger partial charge in [-0.25, -0.2) is 0 Å². The fraction of sp³-hybridized carbons (Fsp3) is 1.00. The van der Waals surface area contributed by atoms with Crippen LogP contribution < -0.4 is 0 Å². The van der Waals surface area contributed by atoms with Crippen LogP contribution in [0.15, 0.2) is 0 Å². The first-order valence-electron chi connectivity index (χ1n) is 11.1. The summed E-state index contributed by atoms with van der Waals surface area (Å²) in [6.45, 7) is 4.45. The third-order valence-corrected chi connectivity index (χ3v) is 7.05. The van der Waals surface area contributed by atoms with Crippen LogP contribution in [0, 0.1) is 0 Å². The van der Waals surface area contributed by atoms with Crippen molar-refractivity contribution in [3.8, 4) is 0 Å². The van der Waals surface area contributed by atoms with E-state index < -0.39 is 10.1 Å². The fourth-order valence-corrected chi connectivity index (χ4v) is 4.90. The lowest BCUT2D eigenvalue weighted by Crippen LogP contribution is -2.12. The highest BCUT2D eigenvalue weighted by molar-refractivity contribution is 7.99. The summed E-state index contributed by atoms with van der Waals surface area (Å²) < 4.78 is 27.7. The molecule has 0 spiro atoms. The molecule has 26 heavy (non-hydrogen) atoms. The zero-order valence-corrected chi connectivity index (χ0v) is 19.1. The van der Waals surface area contributed by atoms with Crippen molar-refractivity contribution in [3.63, 3.8) is 0 Å². The van der Waals surface area contributed by atoms with E-state index in [0.29, 0.717) is 13.0 Å². The molecule has 5 heteroatoms. The van der Waals surface area contributed by atoms with Crippen LogP contribution in [-0.2, 0) is 14.3 Å². The van der Waals surface area contributed by atoms with Gasteiger partial charge in [0, 0.05) is 5.75 Å². The molecular weight excluding hydrogens is 364 g/mol. The largest absolute Gasteiger partial charge is 0.269 e. The Labute approximate surface area is 168 Å². The minimum Gasteiger partial charge on any atom is -0.269 e. The number of hydrogen-bond acceptors (Lipinski definition) is 4. The van der Waals surface area contributed by atoms with E-state index in [-0.39, 0.29) is 5.75 Å². The predicted octanol–water partition coefficient (Wildman–Crippen LogP) is 6.96. The summed E-state index contributed by atoms with van der Waals surface area (Å²) in [4.78, 5) is 0. The Morgan fingerprint density at radius 2 is 1.08 bits per heavy atom. The molecule has 0 aromatic heterocycles. The van der Waals surface area contributed by atoms with Gasteiger partial charge in [-0.15, -0.1) is 0 Å². The van der Waals surface area contributed by atoms with Crippen LogP contribution in [0.3, 0.4) is 0 Å². The van der Waals surface area contributed by atoms with Gasteiger partial charge in [0.15, 0.2) is 0 Å². The standard InChI is InChI=1S/C21H44O3S2/c1-3-5-6-7-8-9-10-11-12-13-14-15-16-17-19-25-20-18-24-26(22,23)21-4-2/h3-21H2,1-2H3. The lowest BCUT2D eigenvalue weighted by molar-refractivity contribution is 0.341. The Morgan fingerprint density at radius 3 is 1.54 bits per heavy atom. The van der Waals surface area contributed by atoms with Gasteiger partial charge in [-0.3, -0.25) is 4.18 Å². The van der Waals surface area contributed by atoms with Crippen molar-refractivity contribution in [2.75, 3.05) is 23.9 Å². The lowest BCUT2D eigenvalue weighted by Gasteiger charge is -2.05. The highest BCUT2D eigenvalue weighted by Gasteiger charge is 2.08. The summed E-state index contributed by atoms with van der Waals surface area (Å²) in [5, 5.41) is 0. The predicted molar refractivity (Wildman–Crippen MR) is 118 cm³/mol. The summed E-state index contributed by atoms with van der Waals surface area (Å²) in [5.41, 5.74) is 0. The van der Waals surface area contributed by atoms with Gasteiger partial charge in [-0.1, -0.05) is 97.3 Å².